The minimum absolute atomic E-state index is 0. The van der Waals surface area contributed by atoms with Gasteiger partial charge in [-0.05, 0) is 25.0 Å². The molecule has 1 aromatic rings. The van der Waals surface area contributed by atoms with Crippen LogP contribution < -0.4 is 5.73 Å². The number of hydrogen-bond donors (Lipinski definition) is 2. The summed E-state index contributed by atoms with van der Waals surface area (Å²) < 4.78 is 0. The molecule has 0 saturated carbocycles. The van der Waals surface area contributed by atoms with Crippen LogP contribution in [0, 0.1) is 6.92 Å². The Morgan fingerprint density at radius 1 is 1.53 bits per heavy atom. The van der Waals surface area contributed by atoms with E-state index in [1.807, 2.05) is 19.1 Å². The topological polar surface area (TPSA) is 76.2 Å². The van der Waals surface area contributed by atoms with E-state index in [0.29, 0.717) is 6.42 Å². The average molecular weight is 253 g/mol. The van der Waals surface area contributed by atoms with Gasteiger partial charge in [0.15, 0.2) is 0 Å². The molecule has 0 amide bonds. The molecule has 0 aliphatic carbocycles. The lowest BCUT2D eigenvalue weighted by Gasteiger charge is -2.05. The molecule has 1 aromatic heterocycles. The van der Waals surface area contributed by atoms with Crippen molar-refractivity contribution in [2.75, 3.05) is 0 Å². The predicted octanol–water partition coefficient (Wildman–Crippen LogP) is 1.19. The number of carboxylic acids is 1. The predicted molar refractivity (Wildman–Crippen MR) is 62.8 cm³/mol. The zero-order valence-electron chi connectivity index (χ0n) is 8.21. The minimum Gasteiger partial charge on any atom is -0.480 e. The maximum Gasteiger partial charge on any atom is 0.320 e. The quantitative estimate of drug-likeness (QED) is 0.848. The second-order valence-electron chi connectivity index (χ2n) is 2.96. The summed E-state index contributed by atoms with van der Waals surface area (Å²) >= 11 is 0. The van der Waals surface area contributed by atoms with Gasteiger partial charge in [-0.1, -0.05) is 6.07 Å². The van der Waals surface area contributed by atoms with Crippen LogP contribution in [0.4, 0.5) is 0 Å². The second kappa shape index (κ2) is 7.45. The largest absolute Gasteiger partial charge is 0.480 e. The fraction of sp³-hybridized carbons (Fsp3) is 0.333. The van der Waals surface area contributed by atoms with Crippen LogP contribution in [0.3, 0.4) is 0 Å². The normalized spacial score (nSPS) is 10.8. The Hall–Kier alpha value is -0.840. The van der Waals surface area contributed by atoms with Crippen LogP contribution in [0.5, 0.6) is 0 Å². The number of aromatic nitrogens is 1. The summed E-state index contributed by atoms with van der Waals surface area (Å²) in [7, 11) is 0. The number of rotatable bonds is 3. The third-order valence-electron chi connectivity index (χ3n) is 1.75. The molecular weight excluding hydrogens is 239 g/mol. The number of halogens is 2. The van der Waals surface area contributed by atoms with Crippen molar-refractivity contribution in [1.82, 2.24) is 4.98 Å². The summed E-state index contributed by atoms with van der Waals surface area (Å²) in [4.78, 5) is 14.5. The molecule has 0 bridgehead atoms. The summed E-state index contributed by atoms with van der Waals surface area (Å²) in [5.74, 6) is -0.986. The van der Waals surface area contributed by atoms with Gasteiger partial charge < -0.3 is 10.8 Å². The first kappa shape index (κ1) is 16.6. The summed E-state index contributed by atoms with van der Waals surface area (Å²) in [5.41, 5.74) is 7.12. The van der Waals surface area contributed by atoms with Gasteiger partial charge in [-0.25, -0.2) is 0 Å². The molecule has 0 saturated heterocycles. The molecule has 3 N–H and O–H groups in total. The Bertz CT molecular complexity index is 303. The smallest absolute Gasteiger partial charge is 0.320 e. The van der Waals surface area contributed by atoms with Gasteiger partial charge in [0.05, 0.1) is 0 Å². The van der Waals surface area contributed by atoms with E-state index in [-0.39, 0.29) is 24.8 Å². The van der Waals surface area contributed by atoms with Gasteiger partial charge in [0.25, 0.3) is 0 Å². The van der Waals surface area contributed by atoms with Crippen LogP contribution in [0.25, 0.3) is 0 Å². The lowest BCUT2D eigenvalue weighted by molar-refractivity contribution is -0.138. The van der Waals surface area contributed by atoms with E-state index in [1.54, 1.807) is 6.20 Å². The molecule has 0 unspecified atom stereocenters. The number of hydrogen-bond acceptors (Lipinski definition) is 3. The molecule has 0 aromatic carbocycles. The standard InChI is InChI=1S/C9H12N2O2.2ClH/c1-6-2-3-7(5-11-6)4-8(10)9(12)13;;/h2-3,5,8H,4,10H2,1H3,(H,12,13);2*1H/t8-;;/m0../s1. The maximum atomic E-state index is 10.4. The fourth-order valence-corrected chi connectivity index (χ4v) is 0.960. The monoisotopic (exact) mass is 252 g/mol. The molecule has 0 radical (unpaired) electrons. The molecular formula is C9H14Cl2N2O2. The molecule has 1 rings (SSSR count). The van der Waals surface area contributed by atoms with E-state index in [0.717, 1.165) is 11.3 Å². The fourth-order valence-electron chi connectivity index (χ4n) is 0.960. The molecule has 1 heterocycles. The Balaban J connectivity index is 0. The van der Waals surface area contributed by atoms with Crippen molar-refractivity contribution < 1.29 is 9.90 Å². The number of nitrogens with zero attached hydrogens (tertiary/aromatic N) is 1. The SMILES string of the molecule is Cc1ccc(C[C@H](N)C(=O)O)cn1.Cl.Cl. The maximum absolute atomic E-state index is 10.4. The molecule has 4 nitrogen and oxygen atoms in total. The van der Waals surface area contributed by atoms with Crippen molar-refractivity contribution in [2.24, 2.45) is 5.73 Å². The Labute approximate surface area is 101 Å². The molecule has 15 heavy (non-hydrogen) atoms. The lowest BCUT2D eigenvalue weighted by atomic mass is 10.1. The summed E-state index contributed by atoms with van der Waals surface area (Å²) in [6, 6.07) is 2.83. The van der Waals surface area contributed by atoms with Crippen LogP contribution in [0.2, 0.25) is 0 Å². The van der Waals surface area contributed by atoms with Crippen molar-refractivity contribution in [3.63, 3.8) is 0 Å². The van der Waals surface area contributed by atoms with Crippen LogP contribution >= 0.6 is 24.8 Å². The van der Waals surface area contributed by atoms with Crippen molar-refractivity contribution >= 4 is 30.8 Å². The first-order valence-electron chi connectivity index (χ1n) is 3.99. The minimum atomic E-state index is -0.986. The van der Waals surface area contributed by atoms with Gasteiger partial charge >= 0.3 is 5.97 Å². The third kappa shape index (κ3) is 5.57. The van der Waals surface area contributed by atoms with E-state index >= 15 is 0 Å². The van der Waals surface area contributed by atoms with Gasteiger partial charge in [0.2, 0.25) is 0 Å². The van der Waals surface area contributed by atoms with E-state index < -0.39 is 12.0 Å². The van der Waals surface area contributed by atoms with Gasteiger partial charge in [-0.15, -0.1) is 24.8 Å². The van der Waals surface area contributed by atoms with E-state index in [9.17, 15) is 4.79 Å². The Morgan fingerprint density at radius 3 is 2.53 bits per heavy atom. The molecule has 86 valence electrons. The highest BCUT2D eigenvalue weighted by molar-refractivity contribution is 5.85. The van der Waals surface area contributed by atoms with Crippen LogP contribution in [-0.4, -0.2) is 22.1 Å². The molecule has 0 aliphatic heterocycles. The van der Waals surface area contributed by atoms with Gasteiger partial charge in [-0.2, -0.15) is 0 Å². The van der Waals surface area contributed by atoms with Crippen molar-refractivity contribution in [3.8, 4) is 0 Å². The van der Waals surface area contributed by atoms with E-state index in [4.69, 9.17) is 10.8 Å². The third-order valence-corrected chi connectivity index (χ3v) is 1.75. The molecule has 0 fully saturated rings. The van der Waals surface area contributed by atoms with Crippen molar-refractivity contribution in [2.45, 2.75) is 19.4 Å². The highest BCUT2D eigenvalue weighted by Gasteiger charge is 2.11. The van der Waals surface area contributed by atoms with Crippen molar-refractivity contribution in [3.05, 3.63) is 29.6 Å². The number of pyridine rings is 1. The van der Waals surface area contributed by atoms with Gasteiger partial charge in [0.1, 0.15) is 6.04 Å². The highest BCUT2D eigenvalue weighted by atomic mass is 35.5. The lowest BCUT2D eigenvalue weighted by Crippen LogP contribution is -2.32. The van der Waals surface area contributed by atoms with Crippen LogP contribution in [0.15, 0.2) is 18.3 Å². The molecule has 0 aliphatic rings. The summed E-state index contributed by atoms with van der Waals surface area (Å²) in [5, 5.41) is 8.55. The van der Waals surface area contributed by atoms with Crippen LogP contribution in [0.1, 0.15) is 11.3 Å². The number of aryl methyl sites for hydroxylation is 1. The van der Waals surface area contributed by atoms with Gasteiger partial charge in [-0.3, -0.25) is 9.78 Å². The Kier molecular flexibility index (Phi) is 8.24. The van der Waals surface area contributed by atoms with Crippen LogP contribution in [-0.2, 0) is 11.2 Å². The van der Waals surface area contributed by atoms with E-state index in [2.05, 4.69) is 4.98 Å². The average Bonchev–Trinajstić information content (AvgIpc) is 2.08. The number of carbonyl (C=O) groups is 1. The Morgan fingerprint density at radius 2 is 2.13 bits per heavy atom. The zero-order valence-corrected chi connectivity index (χ0v) is 9.85. The van der Waals surface area contributed by atoms with Gasteiger partial charge in [0, 0.05) is 11.9 Å². The summed E-state index contributed by atoms with van der Waals surface area (Å²) in [6.45, 7) is 1.88. The summed E-state index contributed by atoms with van der Waals surface area (Å²) in [6.07, 6.45) is 1.97. The van der Waals surface area contributed by atoms with E-state index in [1.165, 1.54) is 0 Å². The number of carboxylic acid groups (broad SMARTS) is 1. The van der Waals surface area contributed by atoms with Crippen molar-refractivity contribution in [1.29, 1.82) is 0 Å². The number of nitrogens with two attached hydrogens (primary N) is 1. The molecule has 6 heteroatoms. The number of aliphatic carboxylic acids is 1. The second-order valence-corrected chi connectivity index (χ2v) is 2.96. The first-order chi connectivity index (χ1) is 6.09. The highest BCUT2D eigenvalue weighted by Crippen LogP contribution is 2.02. The first-order valence-corrected chi connectivity index (χ1v) is 3.99. The zero-order chi connectivity index (χ0) is 9.84. The molecule has 0 spiro atoms. The molecule has 1 atom stereocenters.